The summed E-state index contributed by atoms with van der Waals surface area (Å²) in [4.78, 5) is 16.1. The predicted molar refractivity (Wildman–Crippen MR) is 115 cm³/mol. The molecule has 0 radical (unpaired) electrons. The largest absolute Gasteiger partial charge is 0.493 e. The summed E-state index contributed by atoms with van der Waals surface area (Å²) in [5.74, 6) is 2.09. The molecule has 2 N–H and O–H groups in total. The molecule has 1 aliphatic carbocycles. The van der Waals surface area contributed by atoms with Crippen LogP contribution in [0.1, 0.15) is 57.9 Å². The first kappa shape index (κ1) is 22.8. The van der Waals surface area contributed by atoms with E-state index in [2.05, 4.69) is 10.6 Å². The Labute approximate surface area is 174 Å². The molecule has 0 aliphatic heterocycles. The Morgan fingerprint density at radius 1 is 1.21 bits per heavy atom. The summed E-state index contributed by atoms with van der Waals surface area (Å²) in [6, 6.07) is 5.92. The van der Waals surface area contributed by atoms with E-state index in [1.54, 1.807) is 7.11 Å². The normalized spacial score (nSPS) is 14.5. The van der Waals surface area contributed by atoms with Gasteiger partial charge in [-0.1, -0.05) is 12.1 Å². The second kappa shape index (κ2) is 12.9. The maximum atomic E-state index is 11.4. The Bertz CT molecular complexity index is 657. The Kier molecular flexibility index (Phi) is 10.2. The van der Waals surface area contributed by atoms with Crippen molar-refractivity contribution in [1.82, 2.24) is 10.6 Å². The van der Waals surface area contributed by atoms with Crippen molar-refractivity contribution in [1.29, 1.82) is 0 Å². The number of benzene rings is 1. The van der Waals surface area contributed by atoms with Gasteiger partial charge in [-0.15, -0.1) is 0 Å². The molecule has 1 aromatic rings. The Hall–Kier alpha value is -2.44. The molecule has 0 heterocycles. The molecule has 1 aliphatic rings. The van der Waals surface area contributed by atoms with E-state index in [9.17, 15) is 4.79 Å². The minimum Gasteiger partial charge on any atom is -0.493 e. The van der Waals surface area contributed by atoms with Gasteiger partial charge in [-0.05, 0) is 52.0 Å². The van der Waals surface area contributed by atoms with Crippen molar-refractivity contribution < 1.29 is 19.0 Å². The molecule has 0 unspecified atom stereocenters. The van der Waals surface area contributed by atoms with Crippen molar-refractivity contribution >= 4 is 11.9 Å². The number of para-hydroxylation sites is 1. The zero-order chi connectivity index (χ0) is 20.9. The molecule has 1 fully saturated rings. The molecule has 1 saturated carbocycles. The van der Waals surface area contributed by atoms with Crippen LogP contribution in [-0.4, -0.2) is 44.8 Å². The number of methoxy groups -OCH3 is 1. The van der Waals surface area contributed by atoms with Crippen LogP contribution in [0.4, 0.5) is 0 Å². The zero-order valence-corrected chi connectivity index (χ0v) is 18.0. The van der Waals surface area contributed by atoms with Crippen molar-refractivity contribution in [3.63, 3.8) is 0 Å². The second-order valence-electron chi connectivity index (χ2n) is 7.00. The molecule has 0 amide bonds. The third-order valence-electron chi connectivity index (χ3n) is 4.77. The lowest BCUT2D eigenvalue weighted by molar-refractivity contribution is -0.143. The number of nitrogens with one attached hydrogen (secondary N) is 2. The van der Waals surface area contributed by atoms with Gasteiger partial charge in [0.25, 0.3) is 0 Å². The number of hydrogen-bond donors (Lipinski definition) is 2. The van der Waals surface area contributed by atoms with E-state index in [4.69, 9.17) is 19.2 Å². The molecular formula is C22H35N3O4. The molecule has 2 rings (SSSR count). The summed E-state index contributed by atoms with van der Waals surface area (Å²) in [6.45, 7) is 6.14. The molecule has 1 aromatic carbocycles. The number of ether oxygens (including phenoxy) is 3. The molecule has 0 saturated heterocycles. The topological polar surface area (TPSA) is 81.2 Å². The summed E-state index contributed by atoms with van der Waals surface area (Å²) < 4.78 is 16.8. The van der Waals surface area contributed by atoms with Gasteiger partial charge in [0.05, 0.1) is 26.4 Å². The van der Waals surface area contributed by atoms with Crippen LogP contribution >= 0.6 is 0 Å². The molecule has 162 valence electrons. The van der Waals surface area contributed by atoms with E-state index in [0.717, 1.165) is 36.4 Å². The minimum absolute atomic E-state index is 0.165. The molecule has 7 nitrogen and oxygen atoms in total. The minimum atomic E-state index is -0.165. The smallest absolute Gasteiger partial charge is 0.305 e. The van der Waals surface area contributed by atoms with Crippen LogP contribution in [0.2, 0.25) is 0 Å². The van der Waals surface area contributed by atoms with Crippen LogP contribution in [0.15, 0.2) is 23.2 Å². The lowest BCUT2D eigenvalue weighted by Gasteiger charge is -2.19. The Morgan fingerprint density at radius 3 is 2.69 bits per heavy atom. The predicted octanol–water partition coefficient (Wildman–Crippen LogP) is 3.42. The van der Waals surface area contributed by atoms with Crippen LogP contribution in [0.25, 0.3) is 0 Å². The number of aliphatic imine (C=N–C) groups is 1. The highest BCUT2D eigenvalue weighted by molar-refractivity contribution is 5.79. The Morgan fingerprint density at radius 2 is 2.00 bits per heavy atom. The summed E-state index contributed by atoms with van der Waals surface area (Å²) in [5.41, 5.74) is 1.000. The van der Waals surface area contributed by atoms with Gasteiger partial charge < -0.3 is 24.8 Å². The highest BCUT2D eigenvalue weighted by Crippen LogP contribution is 2.35. The number of hydrogen-bond acceptors (Lipinski definition) is 5. The van der Waals surface area contributed by atoms with Gasteiger partial charge in [0.2, 0.25) is 0 Å². The summed E-state index contributed by atoms with van der Waals surface area (Å²) in [6.07, 6.45) is 5.95. The molecule has 0 aromatic heterocycles. The van der Waals surface area contributed by atoms with Crippen LogP contribution in [-0.2, 0) is 16.1 Å². The number of carbonyl (C=O) groups excluding carboxylic acids is 1. The Balaban J connectivity index is 1.98. The number of esters is 1. The zero-order valence-electron chi connectivity index (χ0n) is 18.0. The van der Waals surface area contributed by atoms with E-state index >= 15 is 0 Å². The SMILES string of the molecule is CCNC(=NCc1cccc(OC)c1OC1CCCC1)NCCCC(=O)OCC. The quantitative estimate of drug-likeness (QED) is 0.254. The van der Waals surface area contributed by atoms with Crippen molar-refractivity contribution in [3.05, 3.63) is 23.8 Å². The average molecular weight is 406 g/mol. The van der Waals surface area contributed by atoms with Crippen molar-refractivity contribution in [2.75, 3.05) is 26.8 Å². The highest BCUT2D eigenvalue weighted by atomic mass is 16.5. The van der Waals surface area contributed by atoms with Gasteiger partial charge in [-0.25, -0.2) is 4.99 Å². The third kappa shape index (κ3) is 7.83. The fourth-order valence-corrected chi connectivity index (χ4v) is 3.33. The second-order valence-corrected chi connectivity index (χ2v) is 7.00. The first-order valence-electron chi connectivity index (χ1n) is 10.7. The number of guanidine groups is 1. The van der Waals surface area contributed by atoms with Crippen LogP contribution in [0.3, 0.4) is 0 Å². The number of rotatable bonds is 11. The maximum Gasteiger partial charge on any atom is 0.305 e. The van der Waals surface area contributed by atoms with E-state index in [0.29, 0.717) is 38.5 Å². The van der Waals surface area contributed by atoms with E-state index in [1.165, 1.54) is 12.8 Å². The monoisotopic (exact) mass is 405 g/mol. The van der Waals surface area contributed by atoms with Gasteiger partial charge in [0.15, 0.2) is 17.5 Å². The lowest BCUT2D eigenvalue weighted by Crippen LogP contribution is -2.37. The maximum absolute atomic E-state index is 11.4. The van der Waals surface area contributed by atoms with Gasteiger partial charge in [-0.3, -0.25) is 4.79 Å². The summed E-state index contributed by atoms with van der Waals surface area (Å²) in [7, 11) is 1.67. The fourth-order valence-electron chi connectivity index (χ4n) is 3.33. The first-order chi connectivity index (χ1) is 14.2. The highest BCUT2D eigenvalue weighted by Gasteiger charge is 2.20. The molecular weight excluding hydrogens is 370 g/mol. The number of carbonyl (C=O) groups is 1. The van der Waals surface area contributed by atoms with E-state index in [-0.39, 0.29) is 12.1 Å². The van der Waals surface area contributed by atoms with Crippen molar-refractivity contribution in [2.24, 2.45) is 4.99 Å². The van der Waals surface area contributed by atoms with Crippen LogP contribution in [0, 0.1) is 0 Å². The number of nitrogens with zero attached hydrogens (tertiary/aromatic N) is 1. The average Bonchev–Trinajstić information content (AvgIpc) is 3.23. The van der Waals surface area contributed by atoms with E-state index in [1.807, 2.05) is 32.0 Å². The van der Waals surface area contributed by atoms with Crippen LogP contribution in [0.5, 0.6) is 11.5 Å². The lowest BCUT2D eigenvalue weighted by atomic mass is 10.1. The molecule has 0 atom stereocenters. The molecule has 7 heteroatoms. The standard InChI is InChI=1S/C22H35N3O4/c1-4-23-22(24-15-9-14-20(26)28-5-2)25-16-17-10-8-13-19(27-3)21(17)29-18-11-6-7-12-18/h8,10,13,18H,4-7,9,11-12,14-16H2,1-3H3,(H2,23,24,25). The van der Waals surface area contributed by atoms with Crippen molar-refractivity contribution in [2.45, 2.75) is 65.0 Å². The third-order valence-corrected chi connectivity index (χ3v) is 4.77. The van der Waals surface area contributed by atoms with Gasteiger partial charge in [-0.2, -0.15) is 0 Å². The van der Waals surface area contributed by atoms with Crippen molar-refractivity contribution in [3.8, 4) is 11.5 Å². The van der Waals surface area contributed by atoms with Gasteiger partial charge in [0, 0.05) is 25.1 Å². The van der Waals surface area contributed by atoms with E-state index < -0.39 is 0 Å². The molecule has 29 heavy (non-hydrogen) atoms. The molecule has 0 spiro atoms. The van der Waals surface area contributed by atoms with Gasteiger partial charge in [0.1, 0.15) is 0 Å². The van der Waals surface area contributed by atoms with Crippen LogP contribution < -0.4 is 20.1 Å². The summed E-state index contributed by atoms with van der Waals surface area (Å²) >= 11 is 0. The molecule has 0 bridgehead atoms. The van der Waals surface area contributed by atoms with Gasteiger partial charge >= 0.3 is 5.97 Å². The summed E-state index contributed by atoms with van der Waals surface area (Å²) in [5, 5.41) is 6.51. The fraction of sp³-hybridized carbons (Fsp3) is 0.636. The first-order valence-corrected chi connectivity index (χ1v) is 10.7.